The van der Waals surface area contributed by atoms with Gasteiger partial charge < -0.3 is 9.15 Å². The maximum absolute atomic E-state index is 10.5. The standard InChI is InChI=1S/C6H5O3/c1-8-6(7)5-3-2-4-9-5/h3-4H,1H3. The maximum atomic E-state index is 10.5. The fraction of sp³-hybridized carbons (Fsp3) is 0.167. The van der Waals surface area contributed by atoms with Gasteiger partial charge in [0.05, 0.1) is 13.4 Å². The Hall–Kier alpha value is -1.25. The first-order valence-electron chi connectivity index (χ1n) is 2.37. The smallest absolute Gasteiger partial charge is 0.373 e. The molecule has 0 unspecified atom stereocenters. The molecule has 1 heterocycles. The van der Waals surface area contributed by atoms with Crippen molar-refractivity contribution in [3.05, 3.63) is 24.2 Å². The third-order valence-electron chi connectivity index (χ3n) is 0.855. The number of hydrogen-bond acceptors (Lipinski definition) is 3. The van der Waals surface area contributed by atoms with E-state index in [0.29, 0.717) is 0 Å². The highest BCUT2D eigenvalue weighted by atomic mass is 16.5. The van der Waals surface area contributed by atoms with Crippen molar-refractivity contribution < 1.29 is 13.9 Å². The summed E-state index contributed by atoms with van der Waals surface area (Å²) in [7, 11) is 1.30. The molecule has 0 bridgehead atoms. The van der Waals surface area contributed by atoms with Crippen molar-refractivity contribution in [1.29, 1.82) is 0 Å². The van der Waals surface area contributed by atoms with Gasteiger partial charge in [-0.15, -0.1) is 0 Å². The van der Waals surface area contributed by atoms with Crippen LogP contribution in [0.25, 0.3) is 0 Å². The molecule has 0 amide bonds. The van der Waals surface area contributed by atoms with Crippen molar-refractivity contribution in [1.82, 2.24) is 0 Å². The van der Waals surface area contributed by atoms with Gasteiger partial charge in [-0.25, -0.2) is 4.79 Å². The van der Waals surface area contributed by atoms with Crippen LogP contribution in [0.15, 0.2) is 16.7 Å². The first kappa shape index (κ1) is 5.88. The van der Waals surface area contributed by atoms with Crippen molar-refractivity contribution in [2.75, 3.05) is 7.11 Å². The second kappa shape index (κ2) is 2.35. The van der Waals surface area contributed by atoms with Crippen LogP contribution in [0.5, 0.6) is 0 Å². The zero-order valence-electron chi connectivity index (χ0n) is 4.88. The van der Waals surface area contributed by atoms with Crippen LogP contribution in [-0.4, -0.2) is 13.1 Å². The summed E-state index contributed by atoms with van der Waals surface area (Å²) in [6.07, 6.45) is 1.30. The van der Waals surface area contributed by atoms with E-state index in [0.717, 1.165) is 0 Å². The van der Waals surface area contributed by atoms with Crippen molar-refractivity contribution >= 4 is 5.97 Å². The quantitative estimate of drug-likeness (QED) is 0.522. The van der Waals surface area contributed by atoms with E-state index in [9.17, 15) is 4.79 Å². The van der Waals surface area contributed by atoms with E-state index < -0.39 is 5.97 Å². The van der Waals surface area contributed by atoms with Crippen LogP contribution >= 0.6 is 0 Å². The largest absolute Gasteiger partial charge is 0.463 e. The lowest BCUT2D eigenvalue weighted by molar-refractivity contribution is 0.0565. The van der Waals surface area contributed by atoms with Crippen LogP contribution in [0.4, 0.5) is 0 Å². The summed E-state index contributed by atoms with van der Waals surface area (Å²) >= 11 is 0. The lowest BCUT2D eigenvalue weighted by atomic mass is 10.5. The number of methoxy groups -OCH3 is 1. The number of esters is 1. The van der Waals surface area contributed by atoms with Gasteiger partial charge in [-0.3, -0.25) is 0 Å². The Labute approximate surface area is 52.2 Å². The molecule has 0 spiro atoms. The molecule has 9 heavy (non-hydrogen) atoms. The first-order chi connectivity index (χ1) is 4.34. The normalized spacial score (nSPS) is 9.00. The highest BCUT2D eigenvalue weighted by Crippen LogP contribution is 1.99. The number of carbonyl (C=O) groups excluding carboxylic acids is 1. The minimum atomic E-state index is -0.476. The van der Waals surface area contributed by atoms with Gasteiger partial charge in [0.1, 0.15) is 0 Å². The number of rotatable bonds is 1. The molecule has 3 nitrogen and oxygen atoms in total. The van der Waals surface area contributed by atoms with E-state index in [-0.39, 0.29) is 5.76 Å². The van der Waals surface area contributed by atoms with Crippen molar-refractivity contribution in [3.63, 3.8) is 0 Å². The van der Waals surface area contributed by atoms with Gasteiger partial charge in [0.15, 0.2) is 0 Å². The van der Waals surface area contributed by atoms with Crippen LogP contribution in [0.1, 0.15) is 10.6 Å². The van der Waals surface area contributed by atoms with Crippen molar-refractivity contribution in [2.24, 2.45) is 0 Å². The molecule has 0 aliphatic heterocycles. The Kier molecular flexibility index (Phi) is 1.53. The molecule has 0 aliphatic carbocycles. The molecule has 0 aromatic carbocycles. The molecule has 0 saturated heterocycles. The van der Waals surface area contributed by atoms with Gasteiger partial charge in [-0.1, -0.05) is 0 Å². The summed E-state index contributed by atoms with van der Waals surface area (Å²) < 4.78 is 9.00. The second-order valence-electron chi connectivity index (χ2n) is 1.40. The van der Waals surface area contributed by atoms with Crippen LogP contribution in [-0.2, 0) is 4.74 Å². The molecule has 0 fully saturated rings. The van der Waals surface area contributed by atoms with Crippen LogP contribution in [0.2, 0.25) is 0 Å². The van der Waals surface area contributed by atoms with E-state index in [1.807, 2.05) is 0 Å². The van der Waals surface area contributed by atoms with Crippen LogP contribution < -0.4 is 0 Å². The Balaban J connectivity index is 2.77. The maximum Gasteiger partial charge on any atom is 0.373 e. The van der Waals surface area contributed by atoms with Gasteiger partial charge in [-0.05, 0) is 6.07 Å². The summed E-state index contributed by atoms with van der Waals surface area (Å²) in [5.41, 5.74) is 0. The van der Waals surface area contributed by atoms with Gasteiger partial charge in [-0.2, -0.15) is 0 Å². The zero-order chi connectivity index (χ0) is 6.69. The lowest BCUT2D eigenvalue weighted by Crippen LogP contribution is -1.97. The average molecular weight is 125 g/mol. The zero-order valence-corrected chi connectivity index (χ0v) is 4.88. The molecule has 1 rings (SSSR count). The Morgan fingerprint density at radius 1 is 1.89 bits per heavy atom. The monoisotopic (exact) mass is 125 g/mol. The summed E-state index contributed by atoms with van der Waals surface area (Å²) in [5.74, 6) is -0.297. The molecule has 1 radical (unpaired) electrons. The molecule has 3 heteroatoms. The molecule has 1 aromatic rings. The van der Waals surface area contributed by atoms with E-state index in [2.05, 4.69) is 15.2 Å². The van der Waals surface area contributed by atoms with E-state index in [1.54, 1.807) is 0 Å². The third-order valence-corrected chi connectivity index (χ3v) is 0.855. The summed E-state index contributed by atoms with van der Waals surface area (Å²) in [5, 5.41) is 0. The predicted octanol–water partition coefficient (Wildman–Crippen LogP) is 0.866. The molecule has 0 aliphatic rings. The SMILES string of the molecule is COC(=O)c1c[c]co1. The topological polar surface area (TPSA) is 39.4 Å². The lowest BCUT2D eigenvalue weighted by Gasteiger charge is -1.89. The second-order valence-corrected chi connectivity index (χ2v) is 1.40. The Morgan fingerprint density at radius 2 is 2.67 bits per heavy atom. The molecule has 0 saturated carbocycles. The molecule has 47 valence electrons. The summed E-state index contributed by atoms with van der Waals surface area (Å²) in [4.78, 5) is 10.5. The van der Waals surface area contributed by atoms with Gasteiger partial charge >= 0.3 is 5.97 Å². The Bertz CT molecular complexity index is 188. The minimum Gasteiger partial charge on any atom is -0.463 e. The minimum absolute atomic E-state index is 0.178. The average Bonchev–Trinajstić information content (AvgIpc) is 2.37. The number of carbonyl (C=O) groups is 1. The van der Waals surface area contributed by atoms with Crippen molar-refractivity contribution in [2.45, 2.75) is 0 Å². The summed E-state index contributed by atoms with van der Waals surface area (Å²) in [6, 6.07) is 4.00. The highest BCUT2D eigenvalue weighted by Gasteiger charge is 2.05. The van der Waals surface area contributed by atoms with E-state index in [4.69, 9.17) is 0 Å². The third kappa shape index (κ3) is 1.10. The van der Waals surface area contributed by atoms with E-state index >= 15 is 0 Å². The van der Waals surface area contributed by atoms with Gasteiger partial charge in [0.25, 0.3) is 0 Å². The van der Waals surface area contributed by atoms with Gasteiger partial charge in [0, 0.05) is 6.07 Å². The van der Waals surface area contributed by atoms with Crippen LogP contribution in [0.3, 0.4) is 0 Å². The molecule has 1 aromatic heterocycles. The molecule has 0 atom stereocenters. The molecule has 0 N–H and O–H groups in total. The number of ether oxygens (including phenoxy) is 1. The fourth-order valence-corrected chi connectivity index (χ4v) is 0.449. The fourth-order valence-electron chi connectivity index (χ4n) is 0.449. The van der Waals surface area contributed by atoms with Gasteiger partial charge in [0.2, 0.25) is 5.76 Å². The Morgan fingerprint density at radius 3 is 3.11 bits per heavy atom. The first-order valence-corrected chi connectivity index (χ1v) is 2.37. The van der Waals surface area contributed by atoms with E-state index in [1.165, 1.54) is 19.4 Å². The predicted molar refractivity (Wildman–Crippen MR) is 28.9 cm³/mol. The van der Waals surface area contributed by atoms with Crippen molar-refractivity contribution in [3.8, 4) is 0 Å². The highest BCUT2D eigenvalue weighted by molar-refractivity contribution is 5.85. The molecular formula is C6H5O3. The summed E-state index contributed by atoms with van der Waals surface area (Å²) in [6.45, 7) is 0. The number of hydrogen-bond donors (Lipinski definition) is 0. The molecular weight excluding hydrogens is 120 g/mol. The van der Waals surface area contributed by atoms with Crippen LogP contribution in [0, 0.1) is 6.07 Å². The number of furan rings is 1.